The molecule has 2 aromatic rings. The topological polar surface area (TPSA) is 679 Å². The number of hydrogen-bond acceptors (Lipinski definition) is 18. The van der Waals surface area contributed by atoms with Gasteiger partial charge in [-0.3, -0.25) is 73.4 Å². The Balaban J connectivity index is 2.02. The average molecular weight is 1350 g/mol. The highest BCUT2D eigenvalue weighted by molar-refractivity contribution is 5.99. The largest absolute Gasteiger partial charge is 0.370 e. The van der Waals surface area contributed by atoms with Gasteiger partial charge in [0.1, 0.15) is 54.6 Å². The molecule has 1 fully saturated rings. The normalized spacial score (nSPS) is 14.8. The van der Waals surface area contributed by atoms with Gasteiger partial charge >= 0.3 is 0 Å². The second-order valence-corrected chi connectivity index (χ2v) is 23.0. The Hall–Kier alpha value is -9.88. The van der Waals surface area contributed by atoms with Crippen LogP contribution in [0, 0.1) is 0 Å². The number of likely N-dealkylation sites (tertiary alicyclic amines) is 1. The molecule has 1 heterocycles. The molecule has 0 saturated carbocycles. The monoisotopic (exact) mass is 1350 g/mol. The quantitative estimate of drug-likeness (QED) is 0.0127. The molecule has 36 N–H and O–H groups in total. The van der Waals surface area contributed by atoms with E-state index >= 15 is 0 Å². The smallest absolute Gasteiger partial charge is 0.243 e. The summed E-state index contributed by atoms with van der Waals surface area (Å²) in [7, 11) is 0. The standard InChI is InChI=1S/C59H104N28O9/c60-25-4-3-17-38(86-53(96)44-24-12-32-87(44)45(88)33-35-15-5-14-34-13-1-2-16-36(34)35)48(91)82-40(20-8-28-76-56(66)67)50(93)84-42(22-10-30-78-58(70)71)52(95)85-43(23-11-31-79-59(72)73)51(94)83-41(21-9-29-77-57(68)69)49(92)81-39(19-7-27-75-55(64)65)47(90)80-37(46(61)89)18-6-26-74-54(62)63/h1-2,5,13-16,37-44,55,75H,3-4,6-12,17-33,60,64-65H2,(H2,61,89)(H,80,90)(H,81,92)(H,82,91)(H,83,94)(H,84,93)(H,85,95)(H,86,96)(H4,62,63,74)(H4,66,67,76)(H4,68,69,77)(H4,70,71,78)(H4,72,73,79)/t37-,38-,39-,40-,41-,42-,43-,44-/m0/s1. The lowest BCUT2D eigenvalue weighted by atomic mass is 10.0. The summed E-state index contributed by atoms with van der Waals surface area (Å²) < 4.78 is 0. The zero-order valence-corrected chi connectivity index (χ0v) is 54.6. The molecule has 534 valence electrons. The molecule has 37 nitrogen and oxygen atoms in total. The van der Waals surface area contributed by atoms with Crippen molar-refractivity contribution in [2.45, 2.75) is 170 Å². The van der Waals surface area contributed by atoms with Crippen LogP contribution in [-0.2, 0) is 49.6 Å². The number of primary amides is 1. The first-order valence-corrected chi connectivity index (χ1v) is 32.1. The van der Waals surface area contributed by atoms with Gasteiger partial charge in [0.2, 0.25) is 53.2 Å². The molecular formula is C59H104N28O9. The van der Waals surface area contributed by atoms with E-state index in [1.165, 1.54) is 4.90 Å². The van der Waals surface area contributed by atoms with Crippen LogP contribution in [-0.4, -0.2) is 195 Å². The van der Waals surface area contributed by atoms with E-state index in [0.717, 1.165) is 16.3 Å². The fourth-order valence-electron chi connectivity index (χ4n) is 10.4. The third-order valence-electron chi connectivity index (χ3n) is 15.3. The number of aliphatic imine (C=N–C) groups is 5. The van der Waals surface area contributed by atoms with Crippen molar-refractivity contribution in [2.24, 2.45) is 105 Å². The predicted octanol–water partition coefficient (Wildman–Crippen LogP) is -7.78. The molecule has 1 saturated heterocycles. The van der Waals surface area contributed by atoms with E-state index in [4.69, 9.17) is 80.3 Å². The number of guanidine groups is 5. The maximum atomic E-state index is 14.8. The van der Waals surface area contributed by atoms with Crippen molar-refractivity contribution in [1.29, 1.82) is 0 Å². The molecule has 0 radical (unpaired) electrons. The number of carbonyl (C=O) groups is 9. The molecule has 96 heavy (non-hydrogen) atoms. The van der Waals surface area contributed by atoms with E-state index in [2.05, 4.69) is 67.5 Å². The van der Waals surface area contributed by atoms with Gasteiger partial charge in [0.05, 0.1) is 6.42 Å². The highest BCUT2D eigenvalue weighted by Gasteiger charge is 2.38. The zero-order valence-electron chi connectivity index (χ0n) is 54.6. The van der Waals surface area contributed by atoms with E-state index in [0.29, 0.717) is 32.2 Å². The van der Waals surface area contributed by atoms with Gasteiger partial charge in [-0.05, 0) is 139 Å². The van der Waals surface area contributed by atoms with Crippen molar-refractivity contribution in [1.82, 2.24) is 47.4 Å². The Morgan fingerprint density at radius 3 is 1.18 bits per heavy atom. The predicted molar refractivity (Wildman–Crippen MR) is 367 cm³/mol. The Labute approximate surface area is 558 Å². The number of hydrogen-bond donors (Lipinski definition) is 22. The summed E-state index contributed by atoms with van der Waals surface area (Å²) in [6.45, 7) is 0.858. The van der Waals surface area contributed by atoms with Crippen LogP contribution in [0.1, 0.15) is 115 Å². The van der Waals surface area contributed by atoms with Gasteiger partial charge < -0.3 is 122 Å². The van der Waals surface area contributed by atoms with Crippen molar-refractivity contribution in [2.75, 3.05) is 52.4 Å². The van der Waals surface area contributed by atoms with Crippen molar-refractivity contribution < 1.29 is 43.2 Å². The minimum atomic E-state index is -1.49. The van der Waals surface area contributed by atoms with Crippen molar-refractivity contribution in [3.8, 4) is 0 Å². The van der Waals surface area contributed by atoms with E-state index in [-0.39, 0.29) is 171 Å². The van der Waals surface area contributed by atoms with Crippen LogP contribution in [0.4, 0.5) is 0 Å². The molecule has 37 heteroatoms. The lowest BCUT2D eigenvalue weighted by Crippen LogP contribution is -2.60. The van der Waals surface area contributed by atoms with Crippen LogP contribution in [0.3, 0.4) is 0 Å². The summed E-state index contributed by atoms with van der Waals surface area (Å²) in [6, 6.07) is 2.82. The third kappa shape index (κ3) is 31.4. The van der Waals surface area contributed by atoms with E-state index in [9.17, 15) is 43.2 Å². The fourth-order valence-corrected chi connectivity index (χ4v) is 10.4. The SMILES string of the molecule is NCCCC[C@H](NC(=O)[C@@H]1CCCN1C(=O)Cc1cccc2ccccc12)C(=O)N[C@@H](CCCN=C(N)N)C(=O)N[C@@H](CCCN=C(N)N)C(=O)N[C@@H](CCCN=C(N)N)C(=O)N[C@@H](CCCN=C(N)N)C(=O)N[C@@H](CCCNC(N)N)C(=O)N[C@@H](CCCN=C(N)N)C(N)=O. The summed E-state index contributed by atoms with van der Waals surface area (Å²) in [6.07, 6.45) is 1.18. The van der Waals surface area contributed by atoms with Crippen molar-refractivity contribution >= 4 is 93.7 Å². The second kappa shape index (κ2) is 43.9. The van der Waals surface area contributed by atoms with Gasteiger partial charge in [-0.1, -0.05) is 42.5 Å². The summed E-state index contributed by atoms with van der Waals surface area (Å²) in [5.74, 6) is -8.07. The first-order chi connectivity index (χ1) is 45.7. The molecule has 0 spiro atoms. The number of fused-ring (bicyclic) bond motifs is 1. The van der Waals surface area contributed by atoms with Crippen LogP contribution in [0.2, 0.25) is 0 Å². The molecule has 9 amide bonds. The number of nitrogens with two attached hydrogens (primary N) is 14. The lowest BCUT2D eigenvalue weighted by molar-refractivity contribution is -0.139. The molecule has 8 atom stereocenters. The van der Waals surface area contributed by atoms with Gasteiger partial charge in [0, 0.05) is 39.3 Å². The van der Waals surface area contributed by atoms with Crippen LogP contribution in [0.15, 0.2) is 67.4 Å². The molecule has 0 unspecified atom stereocenters. The van der Waals surface area contributed by atoms with E-state index in [1.54, 1.807) is 0 Å². The van der Waals surface area contributed by atoms with Gasteiger partial charge in [0.15, 0.2) is 29.8 Å². The molecule has 0 aromatic heterocycles. The Kier molecular flexibility index (Phi) is 36.8. The number of carbonyl (C=O) groups excluding carboxylic acids is 9. The van der Waals surface area contributed by atoms with Crippen molar-refractivity contribution in [3.05, 3.63) is 48.0 Å². The molecular weight excluding hydrogens is 1240 g/mol. The minimum Gasteiger partial charge on any atom is -0.370 e. The summed E-state index contributed by atoms with van der Waals surface area (Å²) >= 11 is 0. The van der Waals surface area contributed by atoms with Crippen LogP contribution in [0.5, 0.6) is 0 Å². The lowest BCUT2D eigenvalue weighted by Gasteiger charge is -2.29. The number of unbranched alkanes of at least 4 members (excludes halogenated alkanes) is 1. The van der Waals surface area contributed by atoms with Crippen LogP contribution in [0.25, 0.3) is 10.8 Å². The maximum absolute atomic E-state index is 14.8. The molecule has 2 aromatic carbocycles. The number of benzene rings is 2. The van der Waals surface area contributed by atoms with Crippen LogP contribution < -0.4 is 123 Å². The van der Waals surface area contributed by atoms with E-state index < -0.39 is 102 Å². The summed E-state index contributed by atoms with van der Waals surface area (Å²) in [5.41, 5.74) is 79.4. The first kappa shape index (κ1) is 80.4. The first-order valence-electron chi connectivity index (χ1n) is 32.1. The molecule has 3 rings (SSSR count). The number of nitrogens with one attached hydrogen (secondary N) is 8. The molecule has 1 aliphatic rings. The molecule has 1 aliphatic heterocycles. The van der Waals surface area contributed by atoms with E-state index in [1.807, 2.05) is 42.5 Å². The average Bonchev–Trinajstić information content (AvgIpc) is 1.28. The van der Waals surface area contributed by atoms with Gasteiger partial charge in [0.25, 0.3) is 0 Å². The fraction of sp³-hybridized carbons (Fsp3) is 0.593. The second-order valence-electron chi connectivity index (χ2n) is 23.0. The Morgan fingerprint density at radius 2 is 0.792 bits per heavy atom. The Morgan fingerprint density at radius 1 is 0.438 bits per heavy atom. The Bertz CT molecular complexity index is 2990. The summed E-state index contributed by atoms with van der Waals surface area (Å²) in [4.78, 5) is 150. The third-order valence-corrected chi connectivity index (χ3v) is 15.3. The number of rotatable bonds is 46. The van der Waals surface area contributed by atoms with Crippen LogP contribution >= 0.6 is 0 Å². The minimum absolute atomic E-state index is 0.00858. The molecule has 0 bridgehead atoms. The zero-order chi connectivity index (χ0) is 71.1. The van der Waals surface area contributed by atoms with Gasteiger partial charge in [-0.2, -0.15) is 0 Å². The maximum Gasteiger partial charge on any atom is 0.243 e. The van der Waals surface area contributed by atoms with Gasteiger partial charge in [-0.25, -0.2) is 0 Å². The van der Waals surface area contributed by atoms with Crippen molar-refractivity contribution in [3.63, 3.8) is 0 Å². The molecule has 0 aliphatic carbocycles. The number of amides is 9. The highest BCUT2D eigenvalue weighted by atomic mass is 16.2. The highest BCUT2D eigenvalue weighted by Crippen LogP contribution is 2.24. The summed E-state index contributed by atoms with van der Waals surface area (Å²) in [5, 5.41) is 23.6. The number of nitrogens with zero attached hydrogens (tertiary/aromatic N) is 6. The van der Waals surface area contributed by atoms with Gasteiger partial charge in [-0.15, -0.1) is 0 Å².